The van der Waals surface area contributed by atoms with Gasteiger partial charge in [0.05, 0.1) is 22.8 Å². The molecular formula is C18H18N4S. The number of aromatic nitrogens is 2. The number of benzene rings is 1. The summed E-state index contributed by atoms with van der Waals surface area (Å²) in [7, 11) is 0. The quantitative estimate of drug-likeness (QED) is 0.796. The van der Waals surface area contributed by atoms with Crippen molar-refractivity contribution in [2.24, 2.45) is 0 Å². The Bertz CT molecular complexity index is 836. The van der Waals surface area contributed by atoms with Crippen LogP contribution < -0.4 is 0 Å². The predicted octanol–water partition coefficient (Wildman–Crippen LogP) is 3.88. The highest BCUT2D eigenvalue weighted by Gasteiger charge is 2.22. The summed E-state index contributed by atoms with van der Waals surface area (Å²) in [5.41, 5.74) is 6.22. The third-order valence-electron chi connectivity index (χ3n) is 4.76. The van der Waals surface area contributed by atoms with Gasteiger partial charge in [0.1, 0.15) is 0 Å². The van der Waals surface area contributed by atoms with Crippen LogP contribution in [-0.2, 0) is 6.54 Å². The topological polar surface area (TPSA) is 55.7 Å². The van der Waals surface area contributed by atoms with E-state index in [1.54, 1.807) is 11.3 Å². The molecule has 4 nitrogen and oxygen atoms in total. The molecule has 0 unspecified atom stereocenters. The van der Waals surface area contributed by atoms with E-state index < -0.39 is 0 Å². The first-order chi connectivity index (χ1) is 11.3. The maximum atomic E-state index is 9.34. The van der Waals surface area contributed by atoms with Gasteiger partial charge >= 0.3 is 0 Å². The lowest BCUT2D eigenvalue weighted by atomic mass is 9.94. The van der Waals surface area contributed by atoms with E-state index in [0.29, 0.717) is 5.92 Å². The van der Waals surface area contributed by atoms with Gasteiger partial charge in [-0.3, -0.25) is 4.90 Å². The molecule has 3 heterocycles. The molecule has 116 valence electrons. The Morgan fingerprint density at radius 1 is 1.35 bits per heavy atom. The van der Waals surface area contributed by atoms with Crippen molar-refractivity contribution in [3.8, 4) is 6.07 Å². The minimum atomic E-state index is 0.607. The molecule has 5 heteroatoms. The summed E-state index contributed by atoms with van der Waals surface area (Å²) in [5.74, 6) is 0.607. The van der Waals surface area contributed by atoms with Gasteiger partial charge in [-0.2, -0.15) is 5.26 Å². The highest BCUT2D eigenvalue weighted by atomic mass is 32.1. The van der Waals surface area contributed by atoms with E-state index in [2.05, 4.69) is 32.5 Å². The van der Waals surface area contributed by atoms with Crippen LogP contribution in [0.15, 0.2) is 35.3 Å². The minimum absolute atomic E-state index is 0.607. The third kappa shape index (κ3) is 2.76. The van der Waals surface area contributed by atoms with Crippen LogP contribution in [0, 0.1) is 11.3 Å². The van der Waals surface area contributed by atoms with Gasteiger partial charge in [0.25, 0.3) is 0 Å². The lowest BCUT2D eigenvalue weighted by molar-refractivity contribution is 0.204. The van der Waals surface area contributed by atoms with Crippen LogP contribution in [0.2, 0.25) is 0 Å². The Morgan fingerprint density at radius 2 is 2.22 bits per heavy atom. The van der Waals surface area contributed by atoms with Crippen molar-refractivity contribution in [2.45, 2.75) is 25.3 Å². The van der Waals surface area contributed by atoms with E-state index in [0.717, 1.165) is 48.9 Å². The van der Waals surface area contributed by atoms with Crippen LogP contribution in [0.25, 0.3) is 10.9 Å². The summed E-state index contributed by atoms with van der Waals surface area (Å²) in [5, 5.41) is 12.6. The van der Waals surface area contributed by atoms with Crippen molar-refractivity contribution in [1.29, 1.82) is 5.26 Å². The normalized spacial score (nSPS) is 16.7. The number of nitriles is 1. The summed E-state index contributed by atoms with van der Waals surface area (Å²) in [6.07, 6.45) is 4.38. The van der Waals surface area contributed by atoms with Gasteiger partial charge in [-0.25, -0.2) is 4.98 Å². The largest absolute Gasteiger partial charge is 0.361 e. The maximum Gasteiger partial charge on any atom is 0.0998 e. The van der Waals surface area contributed by atoms with Gasteiger partial charge in [-0.15, -0.1) is 11.3 Å². The van der Waals surface area contributed by atoms with Gasteiger partial charge in [-0.05, 0) is 43.6 Å². The number of piperidine rings is 1. The van der Waals surface area contributed by atoms with E-state index >= 15 is 0 Å². The minimum Gasteiger partial charge on any atom is -0.361 e. The number of fused-ring (bicyclic) bond motifs is 1. The molecule has 23 heavy (non-hydrogen) atoms. The number of hydrogen-bond donors (Lipinski definition) is 1. The van der Waals surface area contributed by atoms with Crippen molar-refractivity contribution >= 4 is 22.2 Å². The molecule has 2 aromatic heterocycles. The fourth-order valence-electron chi connectivity index (χ4n) is 3.52. The molecule has 1 fully saturated rings. The molecule has 0 saturated carbocycles. The predicted molar refractivity (Wildman–Crippen MR) is 92.4 cm³/mol. The Balaban J connectivity index is 1.49. The van der Waals surface area contributed by atoms with E-state index in [9.17, 15) is 5.26 Å². The number of H-pyrrole nitrogens is 1. The first kappa shape index (κ1) is 14.4. The Labute approximate surface area is 139 Å². The molecule has 1 N–H and O–H groups in total. The Morgan fingerprint density at radius 3 is 2.96 bits per heavy atom. The molecule has 1 aliphatic rings. The van der Waals surface area contributed by atoms with Gasteiger partial charge in [-0.1, -0.05) is 6.07 Å². The standard InChI is InChI=1S/C18H18N4S/c19-8-14-2-1-3-16-18(14)15(9-20-16)10-22-6-4-13(5-7-22)17-11-23-12-21-17/h1-3,9,11-13,20H,4-7,10H2. The molecule has 0 radical (unpaired) electrons. The average Bonchev–Trinajstić information content (AvgIpc) is 3.26. The number of likely N-dealkylation sites (tertiary alicyclic amines) is 1. The maximum absolute atomic E-state index is 9.34. The summed E-state index contributed by atoms with van der Waals surface area (Å²) < 4.78 is 0. The molecule has 0 spiro atoms. The van der Waals surface area contributed by atoms with Gasteiger partial charge in [0, 0.05) is 34.9 Å². The summed E-state index contributed by atoms with van der Waals surface area (Å²) in [4.78, 5) is 10.2. The molecule has 0 atom stereocenters. The SMILES string of the molecule is N#Cc1cccc2[nH]cc(CN3CCC(c4cscn4)CC3)c12. The molecule has 0 amide bonds. The first-order valence-electron chi connectivity index (χ1n) is 7.94. The zero-order valence-corrected chi connectivity index (χ0v) is 13.6. The summed E-state index contributed by atoms with van der Waals surface area (Å²) in [6.45, 7) is 3.08. The van der Waals surface area contributed by atoms with E-state index in [4.69, 9.17) is 0 Å². The lowest BCUT2D eigenvalue weighted by Gasteiger charge is -2.31. The smallest absolute Gasteiger partial charge is 0.0998 e. The molecule has 4 rings (SSSR count). The number of rotatable bonds is 3. The lowest BCUT2D eigenvalue weighted by Crippen LogP contribution is -2.32. The fraction of sp³-hybridized carbons (Fsp3) is 0.333. The molecule has 0 bridgehead atoms. The van der Waals surface area contributed by atoms with Crippen molar-refractivity contribution in [3.63, 3.8) is 0 Å². The molecular weight excluding hydrogens is 304 g/mol. The molecule has 3 aromatic rings. The molecule has 1 aliphatic heterocycles. The van der Waals surface area contributed by atoms with Gasteiger partial charge < -0.3 is 4.98 Å². The summed E-state index contributed by atoms with van der Waals surface area (Å²) >= 11 is 1.68. The average molecular weight is 322 g/mol. The third-order valence-corrected chi connectivity index (χ3v) is 5.36. The summed E-state index contributed by atoms with van der Waals surface area (Å²) in [6, 6.07) is 8.18. The highest BCUT2D eigenvalue weighted by Crippen LogP contribution is 2.30. The molecule has 0 aliphatic carbocycles. The number of nitrogens with one attached hydrogen (secondary N) is 1. The van der Waals surface area contributed by atoms with Crippen LogP contribution in [0.5, 0.6) is 0 Å². The van der Waals surface area contributed by atoms with Crippen molar-refractivity contribution in [2.75, 3.05) is 13.1 Å². The zero-order chi connectivity index (χ0) is 15.6. The van der Waals surface area contributed by atoms with Crippen LogP contribution in [0.1, 0.15) is 35.6 Å². The first-order valence-corrected chi connectivity index (χ1v) is 8.89. The zero-order valence-electron chi connectivity index (χ0n) is 12.8. The highest BCUT2D eigenvalue weighted by molar-refractivity contribution is 7.07. The molecule has 1 aromatic carbocycles. The van der Waals surface area contributed by atoms with Crippen LogP contribution >= 0.6 is 11.3 Å². The monoisotopic (exact) mass is 322 g/mol. The number of aromatic amines is 1. The Hall–Kier alpha value is -2.16. The second-order valence-corrected chi connectivity index (χ2v) is 6.84. The van der Waals surface area contributed by atoms with Crippen LogP contribution in [0.4, 0.5) is 0 Å². The number of thiazole rings is 1. The number of hydrogen-bond acceptors (Lipinski definition) is 4. The second-order valence-electron chi connectivity index (χ2n) is 6.12. The van der Waals surface area contributed by atoms with Crippen LogP contribution in [-0.4, -0.2) is 28.0 Å². The van der Waals surface area contributed by atoms with E-state index in [1.807, 2.05) is 23.7 Å². The Kier molecular flexibility index (Phi) is 3.86. The van der Waals surface area contributed by atoms with E-state index in [1.165, 1.54) is 11.3 Å². The van der Waals surface area contributed by atoms with Crippen LogP contribution in [0.3, 0.4) is 0 Å². The fourth-order valence-corrected chi connectivity index (χ4v) is 4.16. The molecule has 1 saturated heterocycles. The van der Waals surface area contributed by atoms with Crippen molar-refractivity contribution in [3.05, 3.63) is 52.1 Å². The second kappa shape index (κ2) is 6.15. The number of nitrogens with zero attached hydrogens (tertiary/aromatic N) is 3. The van der Waals surface area contributed by atoms with Crippen molar-refractivity contribution < 1.29 is 0 Å². The van der Waals surface area contributed by atoms with Gasteiger partial charge in [0.15, 0.2) is 0 Å². The van der Waals surface area contributed by atoms with E-state index in [-0.39, 0.29) is 0 Å². The van der Waals surface area contributed by atoms with Crippen molar-refractivity contribution in [1.82, 2.24) is 14.9 Å². The van der Waals surface area contributed by atoms with Gasteiger partial charge in [0.2, 0.25) is 0 Å².